The molecule has 3 aromatic heterocycles. The summed E-state index contributed by atoms with van der Waals surface area (Å²) in [6.07, 6.45) is 3.35. The highest BCUT2D eigenvalue weighted by Crippen LogP contribution is 2.27. The first-order chi connectivity index (χ1) is 13.2. The van der Waals surface area contributed by atoms with Crippen LogP contribution in [0.4, 0.5) is 0 Å². The first kappa shape index (κ1) is 16.7. The van der Waals surface area contributed by atoms with Gasteiger partial charge in [0.05, 0.1) is 13.3 Å². The van der Waals surface area contributed by atoms with Crippen molar-refractivity contribution in [2.24, 2.45) is 0 Å². The van der Waals surface area contributed by atoms with Crippen molar-refractivity contribution in [3.63, 3.8) is 0 Å². The van der Waals surface area contributed by atoms with Crippen LogP contribution < -0.4 is 9.47 Å². The van der Waals surface area contributed by atoms with Gasteiger partial charge in [0, 0.05) is 29.1 Å². The Balaban J connectivity index is 1.55. The molecule has 0 aliphatic heterocycles. The van der Waals surface area contributed by atoms with E-state index in [1.54, 1.807) is 25.6 Å². The highest BCUT2D eigenvalue weighted by Gasteiger charge is 2.13. The Labute approximate surface area is 155 Å². The minimum absolute atomic E-state index is 0.423. The van der Waals surface area contributed by atoms with E-state index in [0.29, 0.717) is 29.1 Å². The number of hydrogen-bond acceptors (Lipinski definition) is 7. The van der Waals surface area contributed by atoms with E-state index in [1.807, 2.05) is 49.4 Å². The van der Waals surface area contributed by atoms with Crippen LogP contribution in [0, 0.1) is 6.92 Å². The molecule has 0 saturated heterocycles. The maximum absolute atomic E-state index is 5.73. The second-order valence-corrected chi connectivity index (χ2v) is 5.78. The molecule has 0 bridgehead atoms. The number of benzene rings is 1. The summed E-state index contributed by atoms with van der Waals surface area (Å²) >= 11 is 0. The molecule has 134 valence electrons. The van der Waals surface area contributed by atoms with Crippen LogP contribution in [-0.4, -0.2) is 27.2 Å². The predicted molar refractivity (Wildman–Crippen MR) is 98.6 cm³/mol. The van der Waals surface area contributed by atoms with E-state index < -0.39 is 0 Å². The molecule has 0 spiro atoms. The lowest BCUT2D eigenvalue weighted by molar-refractivity contribution is 0.397. The molecule has 0 atom stereocenters. The fourth-order valence-corrected chi connectivity index (χ4v) is 2.54. The number of ether oxygens (including phenoxy) is 2. The van der Waals surface area contributed by atoms with E-state index in [1.165, 1.54) is 0 Å². The fourth-order valence-electron chi connectivity index (χ4n) is 2.54. The molecular weight excluding hydrogens is 344 g/mol. The minimum Gasteiger partial charge on any atom is -0.481 e. The van der Waals surface area contributed by atoms with Crippen molar-refractivity contribution in [3.05, 3.63) is 66.6 Å². The summed E-state index contributed by atoms with van der Waals surface area (Å²) in [6.45, 7) is 1.88. The van der Waals surface area contributed by atoms with E-state index in [0.717, 1.165) is 16.8 Å². The Kier molecular flexibility index (Phi) is 4.49. The van der Waals surface area contributed by atoms with Gasteiger partial charge in [-0.25, -0.2) is 4.98 Å². The predicted octanol–water partition coefficient (Wildman–Crippen LogP) is 4.30. The van der Waals surface area contributed by atoms with Crippen LogP contribution in [0.5, 0.6) is 17.4 Å². The average Bonchev–Trinajstić information content (AvgIpc) is 3.19. The summed E-state index contributed by atoms with van der Waals surface area (Å²) in [6, 6.07) is 14.7. The molecule has 7 heteroatoms. The number of methoxy groups -OCH3 is 1. The third-order valence-electron chi connectivity index (χ3n) is 3.79. The van der Waals surface area contributed by atoms with Crippen molar-refractivity contribution in [2.75, 3.05) is 7.11 Å². The third kappa shape index (κ3) is 3.77. The van der Waals surface area contributed by atoms with Gasteiger partial charge >= 0.3 is 0 Å². The Morgan fingerprint density at radius 3 is 2.52 bits per heavy atom. The molecule has 0 fully saturated rings. The molecule has 27 heavy (non-hydrogen) atoms. The summed E-state index contributed by atoms with van der Waals surface area (Å²) in [5.41, 5.74) is 2.39. The first-order valence-electron chi connectivity index (χ1n) is 8.26. The molecule has 0 aliphatic carbocycles. The second kappa shape index (κ2) is 7.25. The van der Waals surface area contributed by atoms with Gasteiger partial charge in [-0.2, -0.15) is 4.98 Å². The topological polar surface area (TPSA) is 83.2 Å². The zero-order valence-electron chi connectivity index (χ0n) is 14.8. The van der Waals surface area contributed by atoms with Gasteiger partial charge in [0.1, 0.15) is 11.5 Å². The summed E-state index contributed by atoms with van der Waals surface area (Å²) in [5, 5.41) is 4.06. The van der Waals surface area contributed by atoms with E-state index in [4.69, 9.17) is 14.0 Å². The van der Waals surface area contributed by atoms with E-state index >= 15 is 0 Å². The molecule has 0 radical (unpaired) electrons. The monoisotopic (exact) mass is 360 g/mol. The van der Waals surface area contributed by atoms with Crippen molar-refractivity contribution in [3.8, 4) is 40.2 Å². The van der Waals surface area contributed by atoms with Crippen LogP contribution in [0.2, 0.25) is 0 Å². The number of nitrogens with zero attached hydrogens (tertiary/aromatic N) is 4. The van der Waals surface area contributed by atoms with Crippen molar-refractivity contribution < 1.29 is 14.0 Å². The van der Waals surface area contributed by atoms with Crippen molar-refractivity contribution in [1.29, 1.82) is 0 Å². The molecular formula is C20H16N4O3. The number of rotatable bonds is 5. The first-order valence-corrected chi connectivity index (χ1v) is 8.26. The van der Waals surface area contributed by atoms with Crippen LogP contribution in [0.25, 0.3) is 22.8 Å². The van der Waals surface area contributed by atoms with Gasteiger partial charge in [0.25, 0.3) is 5.89 Å². The zero-order chi connectivity index (χ0) is 18.6. The van der Waals surface area contributed by atoms with E-state index in [-0.39, 0.29) is 0 Å². The van der Waals surface area contributed by atoms with Crippen LogP contribution in [-0.2, 0) is 0 Å². The van der Waals surface area contributed by atoms with Crippen LogP contribution in [0.1, 0.15) is 5.69 Å². The van der Waals surface area contributed by atoms with Crippen molar-refractivity contribution in [2.45, 2.75) is 6.92 Å². The number of aromatic nitrogens is 4. The summed E-state index contributed by atoms with van der Waals surface area (Å²) in [7, 11) is 1.57. The fraction of sp³-hybridized carbons (Fsp3) is 0.100. The molecule has 0 amide bonds. The van der Waals surface area contributed by atoms with E-state index in [2.05, 4.69) is 20.1 Å². The Bertz CT molecular complexity index is 1050. The SMILES string of the molecule is COc1cc(-c2noc(-c3ccc(Oc4cccnc4)cc3)n2)cc(C)n1. The number of pyridine rings is 2. The second-order valence-electron chi connectivity index (χ2n) is 5.78. The minimum atomic E-state index is 0.423. The number of hydrogen-bond donors (Lipinski definition) is 0. The zero-order valence-corrected chi connectivity index (χ0v) is 14.8. The summed E-state index contributed by atoms with van der Waals surface area (Å²) in [5.74, 6) is 2.78. The molecule has 7 nitrogen and oxygen atoms in total. The largest absolute Gasteiger partial charge is 0.481 e. The Morgan fingerprint density at radius 1 is 0.926 bits per heavy atom. The summed E-state index contributed by atoms with van der Waals surface area (Å²) in [4.78, 5) is 12.8. The standard InChI is InChI=1S/C20H16N4O3/c1-13-10-15(11-18(22-13)25-2)19-23-20(27-24-19)14-5-7-16(8-6-14)26-17-4-3-9-21-12-17/h3-12H,1-2H3. The van der Waals surface area contributed by atoms with Crippen molar-refractivity contribution >= 4 is 0 Å². The van der Waals surface area contributed by atoms with Crippen LogP contribution in [0.3, 0.4) is 0 Å². The van der Waals surface area contributed by atoms with Gasteiger partial charge in [-0.3, -0.25) is 4.98 Å². The molecule has 1 aromatic carbocycles. The molecule has 3 heterocycles. The maximum atomic E-state index is 5.73. The van der Waals surface area contributed by atoms with Gasteiger partial charge in [-0.15, -0.1) is 0 Å². The molecule has 0 aliphatic rings. The quantitative estimate of drug-likeness (QED) is 0.524. The van der Waals surface area contributed by atoms with Gasteiger partial charge in [-0.05, 0) is 49.4 Å². The lowest BCUT2D eigenvalue weighted by atomic mass is 10.2. The number of aryl methyl sites for hydroxylation is 1. The normalized spacial score (nSPS) is 10.6. The Morgan fingerprint density at radius 2 is 1.78 bits per heavy atom. The smallest absolute Gasteiger partial charge is 0.258 e. The van der Waals surface area contributed by atoms with Gasteiger partial charge < -0.3 is 14.0 Å². The van der Waals surface area contributed by atoms with Gasteiger partial charge in [0.15, 0.2) is 0 Å². The lowest BCUT2D eigenvalue weighted by Gasteiger charge is -2.04. The molecule has 4 rings (SSSR count). The maximum Gasteiger partial charge on any atom is 0.258 e. The van der Waals surface area contributed by atoms with Crippen LogP contribution in [0.15, 0.2) is 65.4 Å². The van der Waals surface area contributed by atoms with Crippen molar-refractivity contribution in [1.82, 2.24) is 20.1 Å². The van der Waals surface area contributed by atoms with Crippen LogP contribution >= 0.6 is 0 Å². The lowest BCUT2D eigenvalue weighted by Crippen LogP contribution is -1.92. The van der Waals surface area contributed by atoms with Gasteiger partial charge in [0.2, 0.25) is 11.7 Å². The third-order valence-corrected chi connectivity index (χ3v) is 3.79. The summed E-state index contributed by atoms with van der Waals surface area (Å²) < 4.78 is 16.3. The van der Waals surface area contributed by atoms with Gasteiger partial charge in [-0.1, -0.05) is 5.16 Å². The highest BCUT2D eigenvalue weighted by atomic mass is 16.5. The molecule has 0 unspecified atom stereocenters. The van der Waals surface area contributed by atoms with E-state index in [9.17, 15) is 0 Å². The highest BCUT2D eigenvalue weighted by molar-refractivity contribution is 5.61. The molecule has 0 saturated carbocycles. The average molecular weight is 360 g/mol. The Hall–Kier alpha value is -3.74. The molecule has 0 N–H and O–H groups in total. The molecule has 4 aromatic rings.